The van der Waals surface area contributed by atoms with Crippen molar-refractivity contribution < 1.29 is 9.90 Å². The van der Waals surface area contributed by atoms with Crippen LogP contribution < -0.4 is 10.4 Å². The fourth-order valence-corrected chi connectivity index (χ4v) is 2.59. The Kier molecular flexibility index (Phi) is 7.60. The number of hydrogen-bond acceptors (Lipinski definition) is 4. The Morgan fingerprint density at radius 2 is 2.00 bits per heavy atom. The van der Waals surface area contributed by atoms with Gasteiger partial charge in [-0.1, -0.05) is 32.0 Å². The number of aliphatic carboxylic acids is 1. The summed E-state index contributed by atoms with van der Waals surface area (Å²) in [6.45, 7) is 5.65. The fourth-order valence-electron chi connectivity index (χ4n) is 1.59. The summed E-state index contributed by atoms with van der Waals surface area (Å²) in [4.78, 5) is 12.2. The standard InChI is InChI=1S/C15H23NO2S/c1-12(2)8-9-16-10-13(15(17)18)11-19-14-6-4-3-5-7-14/h3-7,12-13,16H,8-11H2,1-2H3,(H,17,18)/p-1. The van der Waals surface area contributed by atoms with Gasteiger partial charge in [-0.15, -0.1) is 11.8 Å². The molecule has 4 heteroatoms. The third kappa shape index (κ3) is 7.23. The highest BCUT2D eigenvalue weighted by Crippen LogP contribution is 2.19. The van der Waals surface area contributed by atoms with Crippen LogP contribution >= 0.6 is 11.8 Å². The molecule has 0 aromatic heterocycles. The molecule has 1 aromatic carbocycles. The van der Waals surface area contributed by atoms with Gasteiger partial charge in [0.15, 0.2) is 0 Å². The van der Waals surface area contributed by atoms with E-state index in [4.69, 9.17) is 0 Å². The summed E-state index contributed by atoms with van der Waals surface area (Å²) in [5, 5.41) is 14.3. The predicted octanol–water partition coefficient (Wildman–Crippen LogP) is 1.78. The Morgan fingerprint density at radius 3 is 2.58 bits per heavy atom. The minimum atomic E-state index is -0.972. The lowest BCUT2D eigenvalue weighted by Gasteiger charge is -2.18. The normalized spacial score (nSPS) is 12.6. The SMILES string of the molecule is CC(C)CCNCC(CSc1ccccc1)C(=O)[O-]. The van der Waals surface area contributed by atoms with Gasteiger partial charge in [0, 0.05) is 29.1 Å². The average Bonchev–Trinajstić information content (AvgIpc) is 2.38. The minimum Gasteiger partial charge on any atom is -0.550 e. The Bertz CT molecular complexity index is 368. The molecule has 1 aromatic rings. The number of hydrogen-bond donors (Lipinski definition) is 1. The van der Waals surface area contributed by atoms with Gasteiger partial charge in [0.1, 0.15) is 0 Å². The lowest BCUT2D eigenvalue weighted by Crippen LogP contribution is -2.39. The van der Waals surface area contributed by atoms with Crippen LogP contribution in [0.5, 0.6) is 0 Å². The van der Waals surface area contributed by atoms with Gasteiger partial charge in [-0.05, 0) is 31.0 Å². The highest BCUT2D eigenvalue weighted by Gasteiger charge is 2.10. The third-order valence-electron chi connectivity index (χ3n) is 2.82. The molecule has 0 amide bonds. The lowest BCUT2D eigenvalue weighted by atomic mass is 10.1. The number of carbonyl (C=O) groups excluding carboxylic acids is 1. The van der Waals surface area contributed by atoms with E-state index in [1.165, 1.54) is 0 Å². The zero-order chi connectivity index (χ0) is 14.1. The topological polar surface area (TPSA) is 52.2 Å². The van der Waals surface area contributed by atoms with Gasteiger partial charge in [-0.3, -0.25) is 0 Å². The van der Waals surface area contributed by atoms with Crippen LogP contribution in [0.1, 0.15) is 20.3 Å². The van der Waals surface area contributed by atoms with Crippen molar-refractivity contribution in [3.05, 3.63) is 30.3 Å². The smallest absolute Gasteiger partial charge is 0.0466 e. The molecule has 0 fully saturated rings. The molecule has 0 spiro atoms. The van der Waals surface area contributed by atoms with Gasteiger partial charge in [0.2, 0.25) is 0 Å². The van der Waals surface area contributed by atoms with Crippen LogP contribution in [-0.2, 0) is 4.79 Å². The van der Waals surface area contributed by atoms with Gasteiger partial charge in [0.05, 0.1) is 0 Å². The van der Waals surface area contributed by atoms with Gasteiger partial charge in [-0.2, -0.15) is 0 Å². The second-order valence-electron chi connectivity index (χ2n) is 5.03. The zero-order valence-corrected chi connectivity index (χ0v) is 12.4. The van der Waals surface area contributed by atoms with Gasteiger partial charge >= 0.3 is 0 Å². The van der Waals surface area contributed by atoms with E-state index in [9.17, 15) is 9.90 Å². The van der Waals surface area contributed by atoms with E-state index in [1.54, 1.807) is 11.8 Å². The highest BCUT2D eigenvalue weighted by molar-refractivity contribution is 7.99. The van der Waals surface area contributed by atoms with Crippen molar-refractivity contribution in [2.75, 3.05) is 18.8 Å². The van der Waals surface area contributed by atoms with E-state index in [-0.39, 0.29) is 0 Å². The lowest BCUT2D eigenvalue weighted by molar-refractivity contribution is -0.310. The Morgan fingerprint density at radius 1 is 1.32 bits per heavy atom. The first-order valence-corrected chi connectivity index (χ1v) is 7.67. The molecule has 0 aliphatic carbocycles. The Labute approximate surface area is 119 Å². The number of carboxylic acids is 1. The van der Waals surface area contributed by atoms with E-state index >= 15 is 0 Å². The summed E-state index contributed by atoms with van der Waals surface area (Å²) >= 11 is 1.56. The molecule has 0 saturated carbocycles. The molecule has 0 radical (unpaired) electrons. The maximum Gasteiger partial charge on any atom is 0.0466 e. The first kappa shape index (κ1) is 16.1. The monoisotopic (exact) mass is 280 g/mol. The van der Waals surface area contributed by atoms with E-state index in [2.05, 4.69) is 19.2 Å². The van der Waals surface area contributed by atoms with Crippen molar-refractivity contribution in [1.29, 1.82) is 0 Å². The van der Waals surface area contributed by atoms with Crippen molar-refractivity contribution in [2.24, 2.45) is 11.8 Å². The first-order valence-electron chi connectivity index (χ1n) is 6.69. The van der Waals surface area contributed by atoms with Crippen molar-refractivity contribution >= 4 is 17.7 Å². The zero-order valence-electron chi connectivity index (χ0n) is 11.6. The van der Waals surface area contributed by atoms with Crippen molar-refractivity contribution in [3.63, 3.8) is 0 Å². The molecule has 3 nitrogen and oxygen atoms in total. The summed E-state index contributed by atoms with van der Waals surface area (Å²) in [5.41, 5.74) is 0. The van der Waals surface area contributed by atoms with Crippen LogP contribution in [0, 0.1) is 11.8 Å². The molecule has 0 heterocycles. The molecule has 1 N–H and O–H groups in total. The summed E-state index contributed by atoms with van der Waals surface area (Å²) < 4.78 is 0. The highest BCUT2D eigenvalue weighted by atomic mass is 32.2. The summed E-state index contributed by atoms with van der Waals surface area (Å²) in [5.74, 6) is -0.244. The molecular formula is C15H22NO2S-. The second kappa shape index (κ2) is 8.99. The van der Waals surface area contributed by atoms with Crippen molar-refractivity contribution in [1.82, 2.24) is 5.32 Å². The number of rotatable bonds is 9. The fraction of sp³-hybridized carbons (Fsp3) is 0.533. The van der Waals surface area contributed by atoms with E-state index in [0.717, 1.165) is 17.9 Å². The number of carboxylic acid groups (broad SMARTS) is 1. The predicted molar refractivity (Wildman–Crippen MR) is 78.0 cm³/mol. The van der Waals surface area contributed by atoms with Gasteiger partial charge in [0.25, 0.3) is 0 Å². The van der Waals surface area contributed by atoms with E-state index in [1.807, 2.05) is 30.3 Å². The van der Waals surface area contributed by atoms with E-state index < -0.39 is 11.9 Å². The molecule has 0 saturated heterocycles. The average molecular weight is 280 g/mol. The van der Waals surface area contributed by atoms with Crippen molar-refractivity contribution in [2.45, 2.75) is 25.2 Å². The quantitative estimate of drug-likeness (QED) is 0.553. The van der Waals surface area contributed by atoms with Gasteiger partial charge < -0.3 is 15.2 Å². The van der Waals surface area contributed by atoms with E-state index in [0.29, 0.717) is 18.2 Å². The van der Waals surface area contributed by atoms with Crippen LogP contribution in [-0.4, -0.2) is 24.8 Å². The molecule has 1 rings (SSSR count). The maximum atomic E-state index is 11.1. The van der Waals surface area contributed by atoms with Gasteiger partial charge in [-0.25, -0.2) is 0 Å². The minimum absolute atomic E-state index is 0.447. The summed E-state index contributed by atoms with van der Waals surface area (Å²) in [6, 6.07) is 9.84. The number of thioether (sulfide) groups is 1. The molecular weight excluding hydrogens is 258 g/mol. The largest absolute Gasteiger partial charge is 0.550 e. The van der Waals surface area contributed by atoms with Crippen molar-refractivity contribution in [3.8, 4) is 0 Å². The molecule has 0 bridgehead atoms. The molecule has 106 valence electrons. The van der Waals surface area contributed by atoms with Crippen LogP contribution in [0.4, 0.5) is 0 Å². The molecule has 19 heavy (non-hydrogen) atoms. The molecule has 0 aliphatic heterocycles. The summed E-state index contributed by atoms with van der Waals surface area (Å²) in [6.07, 6.45) is 1.06. The molecule has 0 aliphatic rings. The molecule has 1 unspecified atom stereocenters. The van der Waals surface area contributed by atoms with Crippen LogP contribution in [0.25, 0.3) is 0 Å². The Balaban J connectivity index is 2.30. The van der Waals surface area contributed by atoms with Crippen LogP contribution in [0.15, 0.2) is 35.2 Å². The number of carbonyl (C=O) groups is 1. The number of nitrogens with one attached hydrogen (secondary N) is 1. The maximum absolute atomic E-state index is 11.1. The Hall–Kier alpha value is -1.00. The van der Waals surface area contributed by atoms with Crippen LogP contribution in [0.2, 0.25) is 0 Å². The summed E-state index contributed by atoms with van der Waals surface area (Å²) in [7, 11) is 0. The number of benzene rings is 1. The third-order valence-corrected chi connectivity index (χ3v) is 3.99. The second-order valence-corrected chi connectivity index (χ2v) is 6.12. The molecule has 1 atom stereocenters. The van der Waals surface area contributed by atoms with Crippen LogP contribution in [0.3, 0.4) is 0 Å². The first-order chi connectivity index (χ1) is 9.09.